The zero-order valence-electron chi connectivity index (χ0n) is 9.11. The Hall–Kier alpha value is -0.990. The molecule has 0 aromatic heterocycles. The molecule has 16 heavy (non-hydrogen) atoms. The van der Waals surface area contributed by atoms with E-state index in [9.17, 15) is 9.42 Å². The van der Waals surface area contributed by atoms with E-state index in [0.717, 1.165) is 5.56 Å². The Balaban J connectivity index is 2.45. The molecular weight excluding hydrogens is 228 g/mol. The summed E-state index contributed by atoms with van der Waals surface area (Å²) in [6, 6.07) is 5.10. The van der Waals surface area contributed by atoms with Crippen molar-refractivity contribution in [1.29, 1.82) is 4.78 Å². The molecule has 1 heterocycles. The van der Waals surface area contributed by atoms with Crippen molar-refractivity contribution in [2.75, 3.05) is 14.1 Å². The number of nitrogens with zero attached hydrogens (tertiary/aromatic N) is 1. The highest BCUT2D eigenvalue weighted by molar-refractivity contribution is 7.90. The average Bonchev–Trinajstić information content (AvgIpc) is 2.36. The van der Waals surface area contributed by atoms with Crippen LogP contribution in [-0.2, 0) is 16.5 Å². The van der Waals surface area contributed by atoms with Crippen LogP contribution in [0.3, 0.4) is 0 Å². The Morgan fingerprint density at radius 1 is 1.56 bits per heavy atom. The maximum absolute atomic E-state index is 11.7. The smallest absolute Gasteiger partial charge is 0.184 e. The highest BCUT2D eigenvalue weighted by atomic mass is 32.2. The molecule has 1 aliphatic heterocycles. The van der Waals surface area contributed by atoms with Crippen molar-refractivity contribution in [2.24, 2.45) is 0 Å². The lowest BCUT2D eigenvalue weighted by Crippen LogP contribution is -3.07. The molecule has 0 fully saturated rings. The van der Waals surface area contributed by atoms with Crippen LogP contribution >= 0.6 is 0 Å². The van der Waals surface area contributed by atoms with Crippen molar-refractivity contribution in [3.8, 4) is 0 Å². The van der Waals surface area contributed by atoms with Crippen LogP contribution < -0.4 is 10.0 Å². The van der Waals surface area contributed by atoms with Gasteiger partial charge in [-0.25, -0.2) is 14.2 Å². The molecule has 1 aromatic rings. The predicted octanol–water partition coefficient (Wildman–Crippen LogP) is -0.399. The van der Waals surface area contributed by atoms with Gasteiger partial charge in [-0.2, -0.15) is 0 Å². The standard InChI is InChI=1S/C9H14N4O2S/c1-12(2)6-7-3-4-9-8(5-7)13(14)11-16(9,10)15/h3-5,13H,6H2,1-2H3,(H2,10,11,15). The minimum Gasteiger partial charge on any atom is -0.607 e. The normalized spacial score (nSPS) is 28.4. The van der Waals surface area contributed by atoms with E-state index in [2.05, 4.69) is 4.83 Å². The van der Waals surface area contributed by atoms with E-state index in [1.807, 2.05) is 19.0 Å². The molecule has 0 radical (unpaired) electrons. The number of hydrogen-bond donors (Lipinski definition) is 3. The maximum atomic E-state index is 11.7. The fraction of sp³-hybridized carbons (Fsp3) is 0.333. The third-order valence-electron chi connectivity index (χ3n) is 2.33. The van der Waals surface area contributed by atoms with E-state index in [1.54, 1.807) is 18.2 Å². The third kappa shape index (κ3) is 1.95. The second kappa shape index (κ2) is 3.79. The first kappa shape index (κ1) is 11.5. The van der Waals surface area contributed by atoms with Crippen LogP contribution in [0.15, 0.2) is 23.1 Å². The zero-order valence-corrected chi connectivity index (χ0v) is 9.93. The first-order valence-corrected chi connectivity index (χ1v) is 6.34. The molecule has 2 atom stereocenters. The first-order chi connectivity index (χ1) is 7.40. The Morgan fingerprint density at radius 2 is 2.25 bits per heavy atom. The Morgan fingerprint density at radius 3 is 2.88 bits per heavy atom. The van der Waals surface area contributed by atoms with Gasteiger partial charge in [-0.05, 0) is 25.7 Å². The van der Waals surface area contributed by atoms with Crippen LogP contribution in [0.1, 0.15) is 5.56 Å². The molecule has 1 aliphatic rings. The maximum Gasteiger partial charge on any atom is 0.184 e. The molecule has 1 aromatic carbocycles. The van der Waals surface area contributed by atoms with Crippen LogP contribution in [0.25, 0.3) is 0 Å². The Kier molecular flexibility index (Phi) is 2.72. The lowest BCUT2D eigenvalue weighted by molar-refractivity contribution is -0.808. The molecule has 0 saturated carbocycles. The Labute approximate surface area is 94.5 Å². The van der Waals surface area contributed by atoms with Gasteiger partial charge < -0.3 is 10.1 Å². The summed E-state index contributed by atoms with van der Waals surface area (Å²) < 4.78 is 19.2. The fourth-order valence-electron chi connectivity index (χ4n) is 1.71. The van der Waals surface area contributed by atoms with Gasteiger partial charge in [0.25, 0.3) is 0 Å². The highest BCUT2D eigenvalue weighted by Gasteiger charge is 2.30. The van der Waals surface area contributed by atoms with Crippen molar-refractivity contribution < 1.29 is 9.38 Å². The molecule has 2 rings (SSSR count). The topological polar surface area (TPSA) is 83.7 Å². The van der Waals surface area contributed by atoms with Crippen molar-refractivity contribution in [3.63, 3.8) is 0 Å². The minimum atomic E-state index is -3.11. The molecule has 0 saturated heterocycles. The second-order valence-corrected chi connectivity index (χ2v) is 5.81. The van der Waals surface area contributed by atoms with Gasteiger partial charge in [0.05, 0.1) is 0 Å². The monoisotopic (exact) mass is 242 g/mol. The van der Waals surface area contributed by atoms with E-state index < -0.39 is 15.1 Å². The summed E-state index contributed by atoms with van der Waals surface area (Å²) >= 11 is 0. The van der Waals surface area contributed by atoms with Crippen LogP contribution in [0.5, 0.6) is 0 Å². The minimum absolute atomic E-state index is 0.292. The SMILES string of the molecule is CN(C)Cc1ccc2c(c1)[NH+]([O-])NS2(=N)=O. The lowest BCUT2D eigenvalue weighted by Gasteiger charge is -2.14. The van der Waals surface area contributed by atoms with Crippen molar-refractivity contribution in [2.45, 2.75) is 11.4 Å². The molecule has 6 nitrogen and oxygen atoms in total. The van der Waals surface area contributed by atoms with Gasteiger partial charge in [0.1, 0.15) is 4.90 Å². The van der Waals surface area contributed by atoms with Crippen LogP contribution in [0, 0.1) is 9.99 Å². The summed E-state index contributed by atoms with van der Waals surface area (Å²) in [5.41, 5.74) is 1.33. The van der Waals surface area contributed by atoms with Gasteiger partial charge in [0.15, 0.2) is 15.6 Å². The van der Waals surface area contributed by atoms with E-state index >= 15 is 0 Å². The van der Waals surface area contributed by atoms with Crippen LogP contribution in [0.4, 0.5) is 5.69 Å². The summed E-state index contributed by atoms with van der Waals surface area (Å²) in [7, 11) is 0.750. The van der Waals surface area contributed by atoms with Crippen LogP contribution in [-0.4, -0.2) is 23.2 Å². The molecule has 7 heteroatoms. The predicted molar refractivity (Wildman–Crippen MR) is 60.1 cm³/mol. The third-order valence-corrected chi connectivity index (χ3v) is 3.78. The van der Waals surface area contributed by atoms with Gasteiger partial charge >= 0.3 is 0 Å². The van der Waals surface area contributed by atoms with E-state index in [1.165, 1.54) is 0 Å². The lowest BCUT2D eigenvalue weighted by atomic mass is 10.2. The molecule has 88 valence electrons. The summed E-state index contributed by atoms with van der Waals surface area (Å²) in [4.78, 5) is 4.45. The zero-order chi connectivity index (χ0) is 11.9. The van der Waals surface area contributed by atoms with Gasteiger partial charge in [-0.3, -0.25) is 0 Å². The first-order valence-electron chi connectivity index (χ1n) is 4.79. The van der Waals surface area contributed by atoms with Crippen LogP contribution in [0.2, 0.25) is 0 Å². The molecular formula is C9H14N4O2S. The summed E-state index contributed by atoms with van der Waals surface area (Å²) in [6.07, 6.45) is 0. The number of benzene rings is 1. The van der Waals surface area contributed by atoms with Crippen molar-refractivity contribution >= 4 is 15.6 Å². The molecule has 0 aliphatic carbocycles. The number of nitrogens with one attached hydrogen (secondary N) is 3. The van der Waals surface area contributed by atoms with Gasteiger partial charge in [0.2, 0.25) is 0 Å². The summed E-state index contributed by atoms with van der Waals surface area (Å²) in [5, 5.41) is 11.1. The summed E-state index contributed by atoms with van der Waals surface area (Å²) in [5.74, 6) is 0. The van der Waals surface area contributed by atoms with Crippen molar-refractivity contribution in [1.82, 2.24) is 9.73 Å². The number of rotatable bonds is 2. The van der Waals surface area contributed by atoms with Crippen molar-refractivity contribution in [3.05, 3.63) is 29.0 Å². The van der Waals surface area contributed by atoms with E-state index in [0.29, 0.717) is 17.1 Å². The van der Waals surface area contributed by atoms with Gasteiger partial charge in [-0.15, -0.1) is 0 Å². The molecule has 0 spiro atoms. The number of fused-ring (bicyclic) bond motifs is 1. The fourth-order valence-corrected chi connectivity index (χ4v) is 2.91. The Bertz CT molecular complexity index is 512. The quantitative estimate of drug-likeness (QED) is 0.617. The largest absolute Gasteiger partial charge is 0.607 e. The molecule has 2 unspecified atom stereocenters. The summed E-state index contributed by atoms with van der Waals surface area (Å²) in [6.45, 7) is 0.708. The van der Waals surface area contributed by atoms with Gasteiger partial charge in [0, 0.05) is 12.6 Å². The molecule has 0 bridgehead atoms. The number of hydrogen-bond acceptors (Lipinski definition) is 4. The van der Waals surface area contributed by atoms with Gasteiger partial charge in [-0.1, -0.05) is 10.9 Å². The highest BCUT2D eigenvalue weighted by Crippen LogP contribution is 2.23. The average molecular weight is 242 g/mol. The second-order valence-electron chi connectivity index (χ2n) is 4.06. The van der Waals surface area contributed by atoms with E-state index in [-0.39, 0.29) is 0 Å². The number of quaternary nitrogens is 1. The molecule has 3 N–H and O–H groups in total. The van der Waals surface area contributed by atoms with E-state index in [4.69, 9.17) is 4.78 Å². The molecule has 0 amide bonds.